The second-order valence-electron chi connectivity index (χ2n) is 4.25. The van der Waals surface area contributed by atoms with E-state index < -0.39 is 5.95 Å². The molecule has 1 aromatic carbocycles. The number of aromatic amines is 1. The van der Waals surface area contributed by atoms with Gasteiger partial charge in [0.25, 0.3) is 5.82 Å². The molecule has 2 N–H and O–H groups in total. The van der Waals surface area contributed by atoms with Crippen molar-refractivity contribution in [1.29, 1.82) is 0 Å². The number of H-pyrrole nitrogens is 1. The van der Waals surface area contributed by atoms with E-state index in [1.807, 2.05) is 18.2 Å². The van der Waals surface area contributed by atoms with Crippen molar-refractivity contribution in [2.24, 2.45) is 0 Å². The highest BCUT2D eigenvalue weighted by molar-refractivity contribution is 6.30. The van der Waals surface area contributed by atoms with Crippen molar-refractivity contribution in [3.8, 4) is 5.82 Å². The van der Waals surface area contributed by atoms with Gasteiger partial charge in [-0.3, -0.25) is 0 Å². The first kappa shape index (κ1) is 13.4. The van der Waals surface area contributed by atoms with E-state index in [0.29, 0.717) is 17.4 Å². The molecule has 3 aromatic rings. The summed E-state index contributed by atoms with van der Waals surface area (Å²) in [5, 5.41) is 6.40. The van der Waals surface area contributed by atoms with Crippen LogP contribution in [0.4, 0.5) is 10.3 Å². The molecule has 6 nitrogen and oxygen atoms in total. The first-order valence-electron chi connectivity index (χ1n) is 6.14. The number of halogens is 2. The standard InChI is InChI=1S/C13H10ClFN6/c14-10-3-1-2-9(4-10)6-17-13-19-11(15)5-12(20-13)21-8-16-7-18-21/h1-5,7-8H,6H2,(H,17,19,20)/p+1. The number of aromatic nitrogens is 5. The lowest BCUT2D eigenvalue weighted by molar-refractivity contribution is -0.660. The fourth-order valence-electron chi connectivity index (χ4n) is 1.79. The summed E-state index contributed by atoms with van der Waals surface area (Å²) in [6.45, 7) is 0.442. The molecule has 0 saturated carbocycles. The number of anilines is 1. The van der Waals surface area contributed by atoms with Crippen LogP contribution in [0, 0.1) is 5.95 Å². The van der Waals surface area contributed by atoms with Gasteiger partial charge in [0.05, 0.1) is 6.07 Å². The van der Waals surface area contributed by atoms with Crippen molar-refractivity contribution in [3.63, 3.8) is 0 Å². The molecule has 8 heteroatoms. The molecule has 2 aromatic heterocycles. The maximum atomic E-state index is 13.5. The normalized spacial score (nSPS) is 10.6. The zero-order valence-corrected chi connectivity index (χ0v) is 11.5. The van der Waals surface area contributed by atoms with E-state index in [-0.39, 0.29) is 5.95 Å². The summed E-state index contributed by atoms with van der Waals surface area (Å²) in [5.74, 6) is -0.0867. The van der Waals surface area contributed by atoms with Gasteiger partial charge in [-0.1, -0.05) is 33.7 Å². The average Bonchev–Trinajstić information content (AvgIpc) is 2.99. The Kier molecular flexibility index (Phi) is 3.74. The predicted octanol–water partition coefficient (Wildman–Crippen LogP) is 1.88. The van der Waals surface area contributed by atoms with Crippen molar-refractivity contribution in [3.05, 3.63) is 59.5 Å². The van der Waals surface area contributed by atoms with Gasteiger partial charge >= 0.3 is 5.95 Å². The molecule has 0 fully saturated rings. The second kappa shape index (κ2) is 5.84. The van der Waals surface area contributed by atoms with Crippen LogP contribution in [0.25, 0.3) is 5.82 Å². The Balaban J connectivity index is 1.79. The smallest absolute Gasteiger partial charge is 0.303 e. The van der Waals surface area contributed by atoms with Crippen LogP contribution in [0.15, 0.2) is 43.0 Å². The Morgan fingerprint density at radius 2 is 2.19 bits per heavy atom. The molecule has 0 unspecified atom stereocenters. The van der Waals surface area contributed by atoms with Crippen LogP contribution in [0.5, 0.6) is 0 Å². The third-order valence-corrected chi connectivity index (χ3v) is 2.96. The highest BCUT2D eigenvalue weighted by Gasteiger charge is 2.13. The third-order valence-electron chi connectivity index (χ3n) is 2.72. The minimum Gasteiger partial charge on any atom is -0.336 e. The van der Waals surface area contributed by atoms with Gasteiger partial charge in [-0.25, -0.2) is 5.10 Å². The van der Waals surface area contributed by atoms with Crippen molar-refractivity contribution in [1.82, 2.24) is 20.1 Å². The summed E-state index contributed by atoms with van der Waals surface area (Å²) in [5.41, 5.74) is 0.950. The molecule has 0 bridgehead atoms. The van der Waals surface area contributed by atoms with Crippen molar-refractivity contribution in [2.45, 2.75) is 6.54 Å². The summed E-state index contributed by atoms with van der Waals surface area (Å²) < 4.78 is 15.0. The average molecular weight is 306 g/mol. The van der Waals surface area contributed by atoms with Gasteiger partial charge < -0.3 is 5.32 Å². The summed E-state index contributed by atoms with van der Waals surface area (Å²) in [6.07, 6.45) is 2.96. The SMILES string of the molecule is Fc1cc(-[n+]2cnc[nH]2)nc(NCc2cccc(Cl)c2)n1. The van der Waals surface area contributed by atoms with E-state index >= 15 is 0 Å². The van der Waals surface area contributed by atoms with Crippen molar-refractivity contribution >= 4 is 17.5 Å². The van der Waals surface area contributed by atoms with Crippen LogP contribution in [-0.2, 0) is 6.54 Å². The van der Waals surface area contributed by atoms with Crippen LogP contribution in [0.3, 0.4) is 0 Å². The van der Waals surface area contributed by atoms with E-state index in [4.69, 9.17) is 11.6 Å². The minimum absolute atomic E-state index is 0.187. The lowest BCUT2D eigenvalue weighted by Gasteiger charge is -2.03. The van der Waals surface area contributed by atoms with Gasteiger partial charge in [-0.15, -0.1) is 4.68 Å². The van der Waals surface area contributed by atoms with Crippen molar-refractivity contribution < 1.29 is 9.07 Å². The van der Waals surface area contributed by atoms with E-state index in [1.165, 1.54) is 23.4 Å². The molecule has 106 valence electrons. The predicted molar refractivity (Wildman–Crippen MR) is 74.4 cm³/mol. The van der Waals surface area contributed by atoms with E-state index in [0.717, 1.165) is 5.56 Å². The monoisotopic (exact) mass is 305 g/mol. The molecule has 0 aliphatic heterocycles. The molecule has 2 heterocycles. The summed E-state index contributed by atoms with van der Waals surface area (Å²) in [4.78, 5) is 11.8. The largest absolute Gasteiger partial charge is 0.336 e. The first-order chi connectivity index (χ1) is 10.2. The van der Waals surface area contributed by atoms with Gasteiger partial charge in [-0.05, 0) is 17.7 Å². The minimum atomic E-state index is -0.629. The lowest BCUT2D eigenvalue weighted by Crippen LogP contribution is -2.33. The summed E-state index contributed by atoms with van der Waals surface area (Å²) >= 11 is 5.91. The fraction of sp³-hybridized carbons (Fsp3) is 0.0769. The summed E-state index contributed by atoms with van der Waals surface area (Å²) in [7, 11) is 0. The molecular weight excluding hydrogens is 295 g/mol. The zero-order valence-electron chi connectivity index (χ0n) is 10.8. The fourth-order valence-corrected chi connectivity index (χ4v) is 2.00. The van der Waals surface area contributed by atoms with Crippen molar-refractivity contribution in [2.75, 3.05) is 5.32 Å². The van der Waals surface area contributed by atoms with E-state index in [1.54, 1.807) is 6.07 Å². The molecule has 0 amide bonds. The Labute approximate surface area is 124 Å². The molecule has 0 atom stereocenters. The highest BCUT2D eigenvalue weighted by Crippen LogP contribution is 2.12. The summed E-state index contributed by atoms with van der Waals surface area (Å²) in [6, 6.07) is 8.57. The Bertz CT molecular complexity index is 746. The van der Waals surface area contributed by atoms with Gasteiger partial charge in [0, 0.05) is 11.6 Å². The quantitative estimate of drug-likeness (QED) is 0.570. The van der Waals surface area contributed by atoms with Crippen LogP contribution in [-0.4, -0.2) is 20.1 Å². The number of nitrogens with zero attached hydrogens (tertiary/aromatic N) is 4. The molecule has 0 aliphatic carbocycles. The van der Waals surface area contributed by atoms with Gasteiger partial charge in [0.2, 0.25) is 12.3 Å². The molecule has 0 radical (unpaired) electrons. The Hall–Kier alpha value is -2.54. The molecule has 0 aliphatic rings. The van der Waals surface area contributed by atoms with Gasteiger partial charge in [0.1, 0.15) is 0 Å². The molecule has 0 spiro atoms. The topological polar surface area (TPSA) is 70.4 Å². The number of rotatable bonds is 4. The third kappa shape index (κ3) is 3.32. The first-order valence-corrected chi connectivity index (χ1v) is 6.52. The number of nitrogens with one attached hydrogen (secondary N) is 2. The molecule has 21 heavy (non-hydrogen) atoms. The Morgan fingerprint density at radius 3 is 2.95 bits per heavy atom. The molecule has 3 rings (SSSR count). The van der Waals surface area contributed by atoms with Crippen LogP contribution >= 0.6 is 11.6 Å². The highest BCUT2D eigenvalue weighted by atomic mass is 35.5. The second-order valence-corrected chi connectivity index (χ2v) is 4.69. The van der Waals surface area contributed by atoms with E-state index in [2.05, 4.69) is 25.4 Å². The van der Waals surface area contributed by atoms with Gasteiger partial charge in [0.15, 0.2) is 6.33 Å². The Morgan fingerprint density at radius 1 is 1.29 bits per heavy atom. The number of hydrogen-bond acceptors (Lipinski definition) is 4. The number of hydrogen-bond donors (Lipinski definition) is 2. The maximum Gasteiger partial charge on any atom is 0.303 e. The number of benzene rings is 1. The van der Waals surface area contributed by atoms with E-state index in [9.17, 15) is 4.39 Å². The van der Waals surface area contributed by atoms with Crippen LogP contribution < -0.4 is 10.00 Å². The maximum absolute atomic E-state index is 13.5. The zero-order chi connectivity index (χ0) is 14.7. The lowest BCUT2D eigenvalue weighted by atomic mass is 10.2. The molecule has 0 saturated heterocycles. The van der Waals surface area contributed by atoms with Crippen LogP contribution in [0.1, 0.15) is 5.56 Å². The molecular formula is C13H11ClFN6+. The van der Waals surface area contributed by atoms with Gasteiger partial charge in [-0.2, -0.15) is 9.37 Å². The van der Waals surface area contributed by atoms with Crippen LogP contribution in [0.2, 0.25) is 5.02 Å².